The molecular formula is C15H20N4O2S. The van der Waals surface area contributed by atoms with Gasteiger partial charge in [-0.15, -0.1) is 0 Å². The maximum absolute atomic E-state index is 12.1. The van der Waals surface area contributed by atoms with Crippen molar-refractivity contribution in [3.63, 3.8) is 0 Å². The van der Waals surface area contributed by atoms with Crippen molar-refractivity contribution in [3.8, 4) is 5.75 Å². The predicted molar refractivity (Wildman–Crippen MR) is 90.0 cm³/mol. The Balaban J connectivity index is 2.15. The SMILES string of the molecule is CCOc1ccc(N=C2NNC(C)=C(C(=O)N(C)C)S2)cc1. The summed E-state index contributed by atoms with van der Waals surface area (Å²) in [6.07, 6.45) is 0. The highest BCUT2D eigenvalue weighted by Crippen LogP contribution is 2.26. The molecule has 0 atom stereocenters. The number of ether oxygens (including phenoxy) is 1. The summed E-state index contributed by atoms with van der Waals surface area (Å²) >= 11 is 1.32. The molecule has 6 nitrogen and oxygen atoms in total. The summed E-state index contributed by atoms with van der Waals surface area (Å²) in [6, 6.07) is 7.49. The number of hydrogen-bond donors (Lipinski definition) is 2. The lowest BCUT2D eigenvalue weighted by Gasteiger charge is -2.23. The fourth-order valence-electron chi connectivity index (χ4n) is 1.76. The van der Waals surface area contributed by atoms with E-state index >= 15 is 0 Å². The molecule has 0 spiro atoms. The molecule has 1 aliphatic rings. The van der Waals surface area contributed by atoms with Gasteiger partial charge in [-0.25, -0.2) is 4.99 Å². The van der Waals surface area contributed by atoms with E-state index in [1.54, 1.807) is 19.0 Å². The molecule has 7 heteroatoms. The van der Waals surface area contributed by atoms with Crippen molar-refractivity contribution in [3.05, 3.63) is 34.9 Å². The lowest BCUT2D eigenvalue weighted by Crippen LogP contribution is -2.40. The minimum atomic E-state index is -0.0455. The number of allylic oxidation sites excluding steroid dienone is 1. The van der Waals surface area contributed by atoms with Crippen molar-refractivity contribution in [2.75, 3.05) is 20.7 Å². The Morgan fingerprint density at radius 1 is 1.27 bits per heavy atom. The maximum Gasteiger partial charge on any atom is 0.262 e. The highest BCUT2D eigenvalue weighted by Gasteiger charge is 2.22. The maximum atomic E-state index is 12.1. The Bertz CT molecular complexity index is 608. The summed E-state index contributed by atoms with van der Waals surface area (Å²) in [5.74, 6) is 0.768. The summed E-state index contributed by atoms with van der Waals surface area (Å²) in [4.78, 5) is 18.8. The first-order valence-corrected chi connectivity index (χ1v) is 7.77. The number of hydrogen-bond acceptors (Lipinski definition) is 5. The van der Waals surface area contributed by atoms with Crippen molar-refractivity contribution in [1.29, 1.82) is 0 Å². The average Bonchev–Trinajstić information content (AvgIpc) is 2.50. The first-order chi connectivity index (χ1) is 10.5. The smallest absolute Gasteiger partial charge is 0.262 e. The van der Waals surface area contributed by atoms with Crippen LogP contribution in [0.1, 0.15) is 13.8 Å². The van der Waals surface area contributed by atoms with Crippen LogP contribution in [0, 0.1) is 0 Å². The fourth-order valence-corrected chi connectivity index (χ4v) is 2.68. The number of carbonyl (C=O) groups is 1. The first-order valence-electron chi connectivity index (χ1n) is 6.95. The molecule has 118 valence electrons. The molecule has 0 bridgehead atoms. The highest BCUT2D eigenvalue weighted by molar-refractivity contribution is 8.17. The van der Waals surface area contributed by atoms with Crippen molar-refractivity contribution in [1.82, 2.24) is 15.8 Å². The molecule has 1 aromatic rings. The molecule has 0 saturated carbocycles. The van der Waals surface area contributed by atoms with E-state index in [1.165, 1.54) is 11.8 Å². The van der Waals surface area contributed by atoms with Gasteiger partial charge >= 0.3 is 0 Å². The summed E-state index contributed by atoms with van der Waals surface area (Å²) in [5, 5.41) is 0.625. The first kappa shape index (κ1) is 16.2. The summed E-state index contributed by atoms with van der Waals surface area (Å²) in [5.41, 5.74) is 7.53. The lowest BCUT2D eigenvalue weighted by molar-refractivity contribution is -0.124. The molecule has 0 unspecified atom stereocenters. The predicted octanol–water partition coefficient (Wildman–Crippen LogP) is 2.23. The normalized spacial score (nSPS) is 16.1. The number of aliphatic imine (C=N–C) groups is 1. The molecule has 1 aromatic carbocycles. The van der Waals surface area contributed by atoms with Crippen molar-refractivity contribution < 1.29 is 9.53 Å². The minimum Gasteiger partial charge on any atom is -0.494 e. The molecule has 2 rings (SSSR count). The second-order valence-electron chi connectivity index (χ2n) is 4.85. The topological polar surface area (TPSA) is 66.0 Å². The average molecular weight is 320 g/mol. The van der Waals surface area contributed by atoms with Gasteiger partial charge in [0.2, 0.25) is 0 Å². The van der Waals surface area contributed by atoms with E-state index in [2.05, 4.69) is 15.8 Å². The monoisotopic (exact) mass is 320 g/mol. The number of hydrazine groups is 1. The van der Waals surface area contributed by atoms with Gasteiger partial charge < -0.3 is 15.1 Å². The molecule has 22 heavy (non-hydrogen) atoms. The standard InChI is InChI=1S/C15H20N4O2S/c1-5-21-12-8-6-11(7-9-12)16-15-18-17-10(2)13(22-15)14(20)19(3)4/h6-9,17H,5H2,1-4H3,(H,16,18). The van der Waals surface area contributed by atoms with Crippen LogP contribution in [0.5, 0.6) is 5.75 Å². The van der Waals surface area contributed by atoms with Crippen LogP contribution in [0.4, 0.5) is 5.69 Å². The van der Waals surface area contributed by atoms with Gasteiger partial charge in [-0.2, -0.15) is 0 Å². The van der Waals surface area contributed by atoms with E-state index in [0.717, 1.165) is 17.1 Å². The quantitative estimate of drug-likeness (QED) is 0.890. The summed E-state index contributed by atoms with van der Waals surface area (Å²) in [6.45, 7) is 4.43. The molecule has 1 heterocycles. The Kier molecular flexibility index (Phi) is 5.32. The molecular weight excluding hydrogens is 300 g/mol. The summed E-state index contributed by atoms with van der Waals surface area (Å²) < 4.78 is 5.40. The van der Waals surface area contributed by atoms with E-state index in [9.17, 15) is 4.79 Å². The van der Waals surface area contributed by atoms with Crippen LogP contribution in [0.25, 0.3) is 0 Å². The van der Waals surface area contributed by atoms with E-state index in [4.69, 9.17) is 4.74 Å². The van der Waals surface area contributed by atoms with E-state index < -0.39 is 0 Å². The molecule has 0 aromatic heterocycles. The zero-order chi connectivity index (χ0) is 16.1. The second kappa shape index (κ2) is 7.22. The van der Waals surface area contributed by atoms with Gasteiger partial charge in [-0.05, 0) is 49.9 Å². The zero-order valence-corrected chi connectivity index (χ0v) is 14.0. The fraction of sp³-hybridized carbons (Fsp3) is 0.333. The van der Waals surface area contributed by atoms with Crippen LogP contribution in [0.2, 0.25) is 0 Å². The Hall–Kier alpha value is -2.15. The minimum absolute atomic E-state index is 0.0455. The molecule has 1 amide bonds. The number of carbonyl (C=O) groups excluding carboxylic acids is 1. The van der Waals surface area contributed by atoms with Crippen LogP contribution in [-0.4, -0.2) is 36.7 Å². The van der Waals surface area contributed by atoms with Crippen LogP contribution in [0.15, 0.2) is 39.9 Å². The molecule has 2 N–H and O–H groups in total. The van der Waals surface area contributed by atoms with Crippen LogP contribution in [0.3, 0.4) is 0 Å². The van der Waals surface area contributed by atoms with Crippen molar-refractivity contribution >= 4 is 28.5 Å². The van der Waals surface area contributed by atoms with E-state index in [0.29, 0.717) is 16.7 Å². The number of thioether (sulfide) groups is 1. The van der Waals surface area contributed by atoms with E-state index in [1.807, 2.05) is 38.1 Å². The van der Waals surface area contributed by atoms with Crippen LogP contribution < -0.4 is 15.6 Å². The Labute approximate surface area is 134 Å². The largest absolute Gasteiger partial charge is 0.494 e. The number of nitrogens with one attached hydrogen (secondary N) is 2. The molecule has 0 aliphatic carbocycles. The summed E-state index contributed by atoms with van der Waals surface area (Å²) in [7, 11) is 3.46. The van der Waals surface area contributed by atoms with Gasteiger partial charge in [-0.1, -0.05) is 0 Å². The number of rotatable bonds is 4. The lowest BCUT2D eigenvalue weighted by atomic mass is 10.3. The van der Waals surface area contributed by atoms with Crippen LogP contribution >= 0.6 is 11.8 Å². The number of amidine groups is 1. The van der Waals surface area contributed by atoms with Crippen LogP contribution in [-0.2, 0) is 4.79 Å². The third kappa shape index (κ3) is 3.94. The molecule has 1 aliphatic heterocycles. The number of amides is 1. The molecule has 0 radical (unpaired) electrons. The second-order valence-corrected chi connectivity index (χ2v) is 5.85. The molecule has 0 fully saturated rings. The molecule has 0 saturated heterocycles. The Morgan fingerprint density at radius 3 is 2.55 bits per heavy atom. The zero-order valence-electron chi connectivity index (χ0n) is 13.1. The Morgan fingerprint density at radius 2 is 1.95 bits per heavy atom. The van der Waals surface area contributed by atoms with Gasteiger partial charge in [0.25, 0.3) is 5.91 Å². The third-order valence-corrected chi connectivity index (χ3v) is 3.95. The van der Waals surface area contributed by atoms with Gasteiger partial charge in [0.05, 0.1) is 12.3 Å². The van der Waals surface area contributed by atoms with Gasteiger partial charge in [0.1, 0.15) is 10.7 Å². The third-order valence-electron chi connectivity index (χ3n) is 2.88. The highest BCUT2D eigenvalue weighted by atomic mass is 32.2. The van der Waals surface area contributed by atoms with Gasteiger partial charge in [-0.3, -0.25) is 10.2 Å². The van der Waals surface area contributed by atoms with E-state index in [-0.39, 0.29) is 5.91 Å². The van der Waals surface area contributed by atoms with Gasteiger partial charge in [0.15, 0.2) is 5.17 Å². The van der Waals surface area contributed by atoms with Crippen molar-refractivity contribution in [2.45, 2.75) is 13.8 Å². The van der Waals surface area contributed by atoms with Gasteiger partial charge in [0, 0.05) is 19.8 Å². The number of nitrogens with zero attached hydrogens (tertiary/aromatic N) is 2. The number of likely N-dealkylation sites (N-methyl/N-ethyl adjacent to an activating group) is 1. The van der Waals surface area contributed by atoms with Crippen molar-refractivity contribution in [2.24, 2.45) is 4.99 Å². The number of benzene rings is 1.